The number of urea groups is 1. The Balaban J connectivity index is 1.33. The van der Waals surface area contributed by atoms with Gasteiger partial charge in [0.15, 0.2) is 5.82 Å². The maximum atomic E-state index is 12.5. The van der Waals surface area contributed by atoms with Crippen molar-refractivity contribution in [2.45, 2.75) is 50.5 Å². The summed E-state index contributed by atoms with van der Waals surface area (Å²) < 4.78 is 5.12. The Morgan fingerprint density at radius 2 is 2.04 bits per heavy atom. The molecule has 0 unspecified atom stereocenters. The van der Waals surface area contributed by atoms with Crippen molar-refractivity contribution in [2.24, 2.45) is 5.92 Å². The highest BCUT2D eigenvalue weighted by atomic mass is 16.5. The molecule has 2 aromatic rings. The Kier molecular flexibility index (Phi) is 4.19. The smallest absolute Gasteiger partial charge is 0.315 e. The number of aryl methyl sites for hydroxylation is 1. The van der Waals surface area contributed by atoms with Crippen LogP contribution in [0.4, 0.5) is 4.79 Å². The molecule has 6 heteroatoms. The average Bonchev–Trinajstić information content (AvgIpc) is 3.00. The summed E-state index contributed by atoms with van der Waals surface area (Å²) >= 11 is 0. The quantitative estimate of drug-likeness (QED) is 0.875. The molecule has 4 rings (SSSR count). The Bertz CT molecular complexity index is 737. The van der Waals surface area contributed by atoms with Crippen LogP contribution in [0.2, 0.25) is 0 Å². The van der Waals surface area contributed by atoms with E-state index in [1.807, 2.05) is 6.07 Å². The molecule has 0 saturated heterocycles. The molecule has 2 atom stereocenters. The first-order chi connectivity index (χ1) is 12.2. The fourth-order valence-corrected chi connectivity index (χ4v) is 3.94. The number of hydrogen-bond acceptors (Lipinski definition) is 4. The van der Waals surface area contributed by atoms with Gasteiger partial charge in [0.2, 0.25) is 5.89 Å². The number of benzene rings is 1. The van der Waals surface area contributed by atoms with Gasteiger partial charge >= 0.3 is 6.03 Å². The van der Waals surface area contributed by atoms with Crippen molar-refractivity contribution in [3.8, 4) is 0 Å². The van der Waals surface area contributed by atoms with Crippen LogP contribution in [0.15, 0.2) is 34.9 Å². The van der Waals surface area contributed by atoms with Gasteiger partial charge in [-0.3, -0.25) is 0 Å². The first kappa shape index (κ1) is 16.1. The minimum Gasteiger partial charge on any atom is -0.340 e. The van der Waals surface area contributed by atoms with E-state index in [4.69, 9.17) is 4.52 Å². The normalized spacial score (nSPS) is 24.0. The van der Waals surface area contributed by atoms with Crippen LogP contribution in [0.25, 0.3) is 0 Å². The topological polar surface area (TPSA) is 80.0 Å². The fraction of sp³-hybridized carbons (Fsp3) is 0.526. The highest BCUT2D eigenvalue weighted by Crippen LogP contribution is 2.46. The highest BCUT2D eigenvalue weighted by Gasteiger charge is 2.42. The van der Waals surface area contributed by atoms with Gasteiger partial charge in [-0.05, 0) is 36.7 Å². The van der Waals surface area contributed by atoms with Crippen molar-refractivity contribution >= 4 is 6.03 Å². The zero-order valence-electron chi connectivity index (χ0n) is 14.5. The molecule has 1 aromatic heterocycles. The van der Waals surface area contributed by atoms with Gasteiger partial charge in [-0.2, -0.15) is 4.98 Å². The third-order valence-electron chi connectivity index (χ3n) is 5.44. The minimum absolute atomic E-state index is 0.136. The van der Waals surface area contributed by atoms with Gasteiger partial charge in [0, 0.05) is 13.5 Å². The van der Waals surface area contributed by atoms with Crippen molar-refractivity contribution in [1.29, 1.82) is 0 Å². The van der Waals surface area contributed by atoms with Crippen LogP contribution >= 0.6 is 0 Å². The Morgan fingerprint density at radius 3 is 2.72 bits per heavy atom. The van der Waals surface area contributed by atoms with Gasteiger partial charge in [-0.1, -0.05) is 48.3 Å². The third kappa shape index (κ3) is 3.38. The Labute approximate surface area is 147 Å². The Morgan fingerprint density at radius 1 is 1.28 bits per heavy atom. The van der Waals surface area contributed by atoms with Crippen molar-refractivity contribution in [3.63, 3.8) is 0 Å². The van der Waals surface area contributed by atoms with Crippen molar-refractivity contribution in [1.82, 2.24) is 20.8 Å². The SMILES string of the molecule is Cc1nc(C2(NC(=O)NC[C@@H]3C[C@@H]3c3ccccc3)CCCC2)no1. The summed E-state index contributed by atoms with van der Waals surface area (Å²) in [6.45, 7) is 2.47. The van der Waals surface area contributed by atoms with Crippen molar-refractivity contribution in [3.05, 3.63) is 47.6 Å². The summed E-state index contributed by atoms with van der Waals surface area (Å²) in [5.74, 6) is 2.24. The summed E-state index contributed by atoms with van der Waals surface area (Å²) in [4.78, 5) is 16.8. The van der Waals surface area contributed by atoms with Crippen LogP contribution in [0.5, 0.6) is 0 Å². The molecule has 25 heavy (non-hydrogen) atoms. The average molecular weight is 340 g/mol. The molecule has 2 N–H and O–H groups in total. The van der Waals surface area contributed by atoms with E-state index in [-0.39, 0.29) is 6.03 Å². The van der Waals surface area contributed by atoms with Crippen molar-refractivity contribution in [2.75, 3.05) is 6.54 Å². The number of rotatable bonds is 5. The lowest BCUT2D eigenvalue weighted by atomic mass is 9.97. The van der Waals surface area contributed by atoms with E-state index >= 15 is 0 Å². The second-order valence-electron chi connectivity index (χ2n) is 7.27. The molecule has 1 heterocycles. The molecular weight excluding hydrogens is 316 g/mol. The molecule has 2 aliphatic rings. The molecule has 1 aromatic carbocycles. The maximum Gasteiger partial charge on any atom is 0.315 e. The van der Waals surface area contributed by atoms with Crippen LogP contribution < -0.4 is 10.6 Å². The molecular formula is C19H24N4O2. The molecule has 2 saturated carbocycles. The number of amides is 2. The van der Waals surface area contributed by atoms with E-state index in [1.165, 1.54) is 5.56 Å². The van der Waals surface area contributed by atoms with E-state index in [2.05, 4.69) is 45.0 Å². The lowest BCUT2D eigenvalue weighted by Crippen LogP contribution is -2.49. The van der Waals surface area contributed by atoms with Gasteiger partial charge in [0.25, 0.3) is 0 Å². The standard InChI is InChI=1S/C19H24N4O2/c1-13-21-17(23-25-13)19(9-5-6-10-19)22-18(24)20-12-15-11-16(15)14-7-3-2-4-8-14/h2-4,7-8,15-16H,5-6,9-12H2,1H3,(H2,20,22,24)/t15-,16+/m0/s1. The monoisotopic (exact) mass is 340 g/mol. The predicted octanol–water partition coefficient (Wildman–Crippen LogP) is 3.25. The number of hydrogen-bond donors (Lipinski definition) is 2. The zero-order valence-corrected chi connectivity index (χ0v) is 14.5. The van der Waals surface area contributed by atoms with Gasteiger partial charge in [0.05, 0.1) is 0 Å². The van der Waals surface area contributed by atoms with E-state index in [9.17, 15) is 4.79 Å². The molecule has 132 valence electrons. The number of nitrogens with zero attached hydrogens (tertiary/aromatic N) is 2. The summed E-state index contributed by atoms with van der Waals surface area (Å²) in [5.41, 5.74) is 0.883. The first-order valence-corrected chi connectivity index (χ1v) is 9.08. The van der Waals surface area contributed by atoms with Gasteiger partial charge in [-0.15, -0.1) is 0 Å². The van der Waals surface area contributed by atoms with E-state index in [1.54, 1.807) is 6.92 Å². The molecule has 0 radical (unpaired) electrons. The van der Waals surface area contributed by atoms with Gasteiger partial charge in [-0.25, -0.2) is 4.79 Å². The number of carbonyl (C=O) groups is 1. The largest absolute Gasteiger partial charge is 0.340 e. The highest BCUT2D eigenvalue weighted by molar-refractivity contribution is 5.75. The third-order valence-corrected chi connectivity index (χ3v) is 5.44. The predicted molar refractivity (Wildman–Crippen MR) is 93.0 cm³/mol. The molecule has 0 spiro atoms. The summed E-state index contributed by atoms with van der Waals surface area (Å²) in [5, 5.41) is 10.2. The second-order valence-corrected chi connectivity index (χ2v) is 7.27. The summed E-state index contributed by atoms with van der Waals surface area (Å²) in [6.07, 6.45) is 4.98. The lowest BCUT2D eigenvalue weighted by molar-refractivity contribution is 0.220. The van der Waals surface area contributed by atoms with E-state index in [0.717, 1.165) is 32.1 Å². The number of nitrogens with one attached hydrogen (secondary N) is 2. The van der Waals surface area contributed by atoms with Crippen molar-refractivity contribution < 1.29 is 9.32 Å². The molecule has 0 aliphatic heterocycles. The van der Waals surface area contributed by atoms with Crippen LogP contribution in [-0.2, 0) is 5.54 Å². The van der Waals surface area contributed by atoms with Crippen LogP contribution in [-0.4, -0.2) is 22.7 Å². The van der Waals surface area contributed by atoms with E-state index < -0.39 is 5.54 Å². The van der Waals surface area contributed by atoms with Crippen LogP contribution in [0, 0.1) is 12.8 Å². The van der Waals surface area contributed by atoms with Crippen LogP contribution in [0.3, 0.4) is 0 Å². The lowest BCUT2D eigenvalue weighted by Gasteiger charge is -2.26. The van der Waals surface area contributed by atoms with Crippen LogP contribution in [0.1, 0.15) is 55.3 Å². The molecule has 2 amide bonds. The fourth-order valence-electron chi connectivity index (χ4n) is 3.94. The van der Waals surface area contributed by atoms with Gasteiger partial charge < -0.3 is 15.2 Å². The Hall–Kier alpha value is -2.37. The molecule has 2 aliphatic carbocycles. The summed E-state index contributed by atoms with van der Waals surface area (Å²) in [7, 11) is 0. The summed E-state index contributed by atoms with van der Waals surface area (Å²) in [6, 6.07) is 10.4. The number of aromatic nitrogens is 2. The van der Waals surface area contributed by atoms with Gasteiger partial charge in [0.1, 0.15) is 5.54 Å². The number of carbonyl (C=O) groups excluding carboxylic acids is 1. The zero-order chi connectivity index (χ0) is 17.3. The maximum absolute atomic E-state index is 12.5. The molecule has 0 bridgehead atoms. The van der Waals surface area contributed by atoms with E-state index in [0.29, 0.717) is 30.1 Å². The second kappa shape index (κ2) is 6.50. The first-order valence-electron chi connectivity index (χ1n) is 9.08. The minimum atomic E-state index is -0.482. The molecule has 6 nitrogen and oxygen atoms in total. The molecule has 2 fully saturated rings.